The van der Waals surface area contributed by atoms with Crippen LogP contribution in [0.5, 0.6) is 0 Å². The van der Waals surface area contributed by atoms with Crippen LogP contribution in [-0.2, 0) is 6.42 Å². The van der Waals surface area contributed by atoms with Crippen LogP contribution in [0.3, 0.4) is 0 Å². The number of aromatic nitrogens is 2. The first kappa shape index (κ1) is 19.2. The normalized spacial score (nSPS) is 16.8. The minimum absolute atomic E-state index is 0.103. The van der Waals surface area contributed by atoms with E-state index in [9.17, 15) is 9.59 Å². The molecule has 1 saturated heterocycles. The van der Waals surface area contributed by atoms with E-state index >= 15 is 0 Å². The quantitative estimate of drug-likeness (QED) is 0.732. The molecule has 1 unspecified atom stereocenters. The lowest BCUT2D eigenvalue weighted by molar-refractivity contribution is 0.0679. The van der Waals surface area contributed by atoms with Crippen molar-refractivity contribution in [1.82, 2.24) is 14.3 Å². The Balaban J connectivity index is 1.69. The van der Waals surface area contributed by atoms with Gasteiger partial charge in [0.15, 0.2) is 5.69 Å². The molecule has 2 amide bonds. The Bertz CT molecular complexity index is 1060. The van der Waals surface area contributed by atoms with Gasteiger partial charge in [-0.1, -0.05) is 38.1 Å². The highest BCUT2D eigenvalue weighted by Gasteiger charge is 2.27. The Labute approximate surface area is 170 Å². The van der Waals surface area contributed by atoms with E-state index in [1.54, 1.807) is 10.6 Å². The zero-order valence-corrected chi connectivity index (χ0v) is 16.9. The first-order valence-corrected chi connectivity index (χ1v) is 10.2. The molecule has 6 nitrogen and oxygen atoms in total. The summed E-state index contributed by atoms with van der Waals surface area (Å²) >= 11 is 0. The van der Waals surface area contributed by atoms with Gasteiger partial charge in [-0.3, -0.25) is 14.0 Å². The molecule has 1 aliphatic rings. The molecule has 0 bridgehead atoms. The number of hydrogen-bond donors (Lipinski definition) is 1. The Morgan fingerprint density at radius 2 is 1.97 bits per heavy atom. The van der Waals surface area contributed by atoms with Crippen molar-refractivity contribution in [1.29, 1.82) is 0 Å². The first-order valence-electron chi connectivity index (χ1n) is 10.2. The third kappa shape index (κ3) is 3.75. The van der Waals surface area contributed by atoms with Gasteiger partial charge in [-0.2, -0.15) is 0 Å². The van der Waals surface area contributed by atoms with Gasteiger partial charge in [-0.15, -0.1) is 0 Å². The number of hydrogen-bond acceptors (Lipinski definition) is 3. The number of piperidine rings is 1. The molecule has 0 radical (unpaired) electrons. The Morgan fingerprint density at radius 3 is 2.76 bits per heavy atom. The number of fused-ring (bicyclic) bond motifs is 1. The second-order valence-corrected chi connectivity index (χ2v) is 7.70. The maximum atomic E-state index is 13.2. The molecule has 3 aromatic rings. The van der Waals surface area contributed by atoms with Crippen molar-refractivity contribution in [3.63, 3.8) is 0 Å². The van der Waals surface area contributed by atoms with Crippen molar-refractivity contribution in [2.45, 2.75) is 33.1 Å². The van der Waals surface area contributed by atoms with Crippen LogP contribution >= 0.6 is 0 Å². The third-order valence-corrected chi connectivity index (χ3v) is 5.54. The summed E-state index contributed by atoms with van der Waals surface area (Å²) < 4.78 is 1.70. The number of nitrogens with one attached hydrogen (secondary N) is 1. The number of carbonyl (C=O) groups excluding carboxylic acids is 2. The summed E-state index contributed by atoms with van der Waals surface area (Å²) in [6, 6.07) is 13.3. The van der Waals surface area contributed by atoms with Crippen LogP contribution in [0.2, 0.25) is 0 Å². The van der Waals surface area contributed by atoms with E-state index in [2.05, 4.69) is 17.2 Å². The fourth-order valence-electron chi connectivity index (χ4n) is 4.01. The van der Waals surface area contributed by atoms with Crippen LogP contribution in [0.1, 0.15) is 53.4 Å². The molecule has 0 spiro atoms. The number of nitrogens with zero attached hydrogens (tertiary/aromatic N) is 3. The number of benzene rings is 1. The SMILES string of the molecule is CCc1ccccc1NC(=O)c1nc(C(=O)N2CCCC(C)C2)c2ccccn12. The maximum absolute atomic E-state index is 13.2. The first-order chi connectivity index (χ1) is 14.1. The number of likely N-dealkylation sites (tertiary alicyclic amines) is 1. The van der Waals surface area contributed by atoms with Gasteiger partial charge < -0.3 is 10.2 Å². The predicted molar refractivity (Wildman–Crippen MR) is 113 cm³/mol. The number of imidazole rings is 1. The fourth-order valence-corrected chi connectivity index (χ4v) is 4.01. The Kier molecular flexibility index (Phi) is 5.34. The lowest BCUT2D eigenvalue weighted by Crippen LogP contribution is -2.39. The number of carbonyl (C=O) groups is 2. The third-order valence-electron chi connectivity index (χ3n) is 5.54. The molecule has 0 saturated carbocycles. The molecule has 1 atom stereocenters. The minimum Gasteiger partial charge on any atom is -0.337 e. The van der Waals surface area contributed by atoms with Crippen LogP contribution in [-0.4, -0.2) is 39.2 Å². The number of para-hydroxylation sites is 1. The van der Waals surface area contributed by atoms with Crippen molar-refractivity contribution in [3.8, 4) is 0 Å². The Morgan fingerprint density at radius 1 is 1.17 bits per heavy atom. The average Bonchev–Trinajstić information content (AvgIpc) is 3.13. The van der Waals surface area contributed by atoms with E-state index < -0.39 is 0 Å². The van der Waals surface area contributed by atoms with E-state index in [1.807, 2.05) is 54.3 Å². The molecule has 29 heavy (non-hydrogen) atoms. The van der Waals surface area contributed by atoms with Gasteiger partial charge in [-0.25, -0.2) is 4.98 Å². The maximum Gasteiger partial charge on any atom is 0.292 e. The van der Waals surface area contributed by atoms with Gasteiger partial charge in [0, 0.05) is 25.0 Å². The van der Waals surface area contributed by atoms with Crippen LogP contribution in [0.25, 0.3) is 5.52 Å². The molecular weight excluding hydrogens is 364 g/mol. The van der Waals surface area contributed by atoms with Crippen molar-refractivity contribution in [2.24, 2.45) is 5.92 Å². The number of aryl methyl sites for hydroxylation is 1. The lowest BCUT2D eigenvalue weighted by atomic mass is 10.00. The second-order valence-electron chi connectivity index (χ2n) is 7.70. The van der Waals surface area contributed by atoms with Crippen molar-refractivity contribution >= 4 is 23.0 Å². The zero-order valence-electron chi connectivity index (χ0n) is 16.9. The highest BCUT2D eigenvalue weighted by Crippen LogP contribution is 2.22. The molecule has 6 heteroatoms. The van der Waals surface area contributed by atoms with Crippen LogP contribution < -0.4 is 5.32 Å². The van der Waals surface area contributed by atoms with E-state index in [4.69, 9.17) is 0 Å². The molecule has 4 rings (SSSR count). The molecule has 1 fully saturated rings. The highest BCUT2D eigenvalue weighted by atomic mass is 16.2. The monoisotopic (exact) mass is 390 g/mol. The topological polar surface area (TPSA) is 66.7 Å². The van der Waals surface area contributed by atoms with Gasteiger partial charge in [0.1, 0.15) is 0 Å². The van der Waals surface area contributed by atoms with Crippen LogP contribution in [0.15, 0.2) is 48.7 Å². The van der Waals surface area contributed by atoms with Crippen molar-refractivity contribution in [3.05, 3.63) is 65.7 Å². The number of pyridine rings is 1. The van der Waals surface area contributed by atoms with Crippen LogP contribution in [0, 0.1) is 5.92 Å². The van der Waals surface area contributed by atoms with Crippen molar-refractivity contribution < 1.29 is 9.59 Å². The van der Waals surface area contributed by atoms with E-state index in [0.29, 0.717) is 17.1 Å². The van der Waals surface area contributed by atoms with E-state index in [0.717, 1.165) is 43.6 Å². The Hall–Kier alpha value is -3.15. The summed E-state index contributed by atoms with van der Waals surface area (Å²) in [5.41, 5.74) is 2.82. The zero-order chi connectivity index (χ0) is 20.4. The van der Waals surface area contributed by atoms with Crippen molar-refractivity contribution in [2.75, 3.05) is 18.4 Å². The number of rotatable bonds is 4. The van der Waals surface area contributed by atoms with Crippen LogP contribution in [0.4, 0.5) is 5.69 Å². The molecular formula is C23H26N4O2. The van der Waals surface area contributed by atoms with Gasteiger partial charge in [0.2, 0.25) is 5.82 Å². The van der Waals surface area contributed by atoms with Gasteiger partial charge in [0.25, 0.3) is 11.8 Å². The largest absolute Gasteiger partial charge is 0.337 e. The van der Waals surface area contributed by atoms with Gasteiger partial charge in [0.05, 0.1) is 5.52 Å². The lowest BCUT2D eigenvalue weighted by Gasteiger charge is -2.30. The highest BCUT2D eigenvalue weighted by molar-refractivity contribution is 6.06. The standard InChI is InChI=1S/C23H26N4O2/c1-3-17-10-4-5-11-18(17)24-22(28)21-25-20(19-12-6-7-14-27(19)21)23(29)26-13-8-9-16(2)15-26/h4-7,10-12,14,16H,3,8-9,13,15H2,1-2H3,(H,24,28). The molecule has 1 aliphatic heterocycles. The molecule has 1 aromatic carbocycles. The van der Waals surface area contributed by atoms with Gasteiger partial charge in [-0.05, 0) is 48.9 Å². The summed E-state index contributed by atoms with van der Waals surface area (Å²) in [6.45, 7) is 5.68. The number of amides is 2. The fraction of sp³-hybridized carbons (Fsp3) is 0.348. The molecule has 1 N–H and O–H groups in total. The van der Waals surface area contributed by atoms with Gasteiger partial charge >= 0.3 is 0 Å². The summed E-state index contributed by atoms with van der Waals surface area (Å²) in [5, 5.41) is 2.96. The molecule has 2 aromatic heterocycles. The molecule has 3 heterocycles. The predicted octanol–water partition coefficient (Wildman–Crippen LogP) is 4.02. The summed E-state index contributed by atoms with van der Waals surface area (Å²) in [4.78, 5) is 32.6. The minimum atomic E-state index is -0.321. The second kappa shape index (κ2) is 8.07. The molecule has 150 valence electrons. The average molecular weight is 390 g/mol. The number of anilines is 1. The van der Waals surface area contributed by atoms with E-state index in [-0.39, 0.29) is 17.6 Å². The smallest absolute Gasteiger partial charge is 0.292 e. The van der Waals surface area contributed by atoms with E-state index in [1.165, 1.54) is 0 Å². The summed E-state index contributed by atoms with van der Waals surface area (Å²) in [7, 11) is 0. The summed E-state index contributed by atoms with van der Waals surface area (Å²) in [5.74, 6) is 0.279. The molecule has 0 aliphatic carbocycles. The summed E-state index contributed by atoms with van der Waals surface area (Å²) in [6.07, 6.45) is 4.73.